The molecule has 1 saturated heterocycles. The smallest absolute Gasteiger partial charge is 0.229 e. The summed E-state index contributed by atoms with van der Waals surface area (Å²) in [6.45, 7) is 4.12. The summed E-state index contributed by atoms with van der Waals surface area (Å²) in [5.74, 6) is 1.50. The number of pyridine rings is 1. The second-order valence-electron chi connectivity index (χ2n) is 9.79. The zero-order valence-corrected chi connectivity index (χ0v) is 22.2. The molecular weight excluding hydrogens is 486 g/mol. The van der Waals surface area contributed by atoms with Gasteiger partial charge in [0.2, 0.25) is 5.95 Å². The van der Waals surface area contributed by atoms with Crippen LogP contribution in [0.5, 0.6) is 0 Å². The third kappa shape index (κ3) is 5.98. The lowest BCUT2D eigenvalue weighted by Crippen LogP contribution is -2.29. The number of hydrogen-bond acceptors (Lipinski definition) is 10. The van der Waals surface area contributed by atoms with E-state index in [-0.39, 0.29) is 5.56 Å². The lowest BCUT2D eigenvalue weighted by molar-refractivity contribution is 0.313. The second-order valence-corrected chi connectivity index (χ2v) is 12.3. The van der Waals surface area contributed by atoms with Crippen molar-refractivity contribution in [1.82, 2.24) is 19.9 Å². The highest BCUT2D eigenvalue weighted by molar-refractivity contribution is 7.92. The Morgan fingerprint density at radius 1 is 1.11 bits per heavy atom. The molecule has 3 aromatic rings. The zero-order chi connectivity index (χ0) is 26.0. The molecule has 0 bridgehead atoms. The Morgan fingerprint density at radius 2 is 1.92 bits per heavy atom. The van der Waals surface area contributed by atoms with Crippen LogP contribution in [0.2, 0.25) is 0 Å². The number of hydrogen-bond donors (Lipinski definition) is 2. The first-order valence-electron chi connectivity index (χ1n) is 12.3. The van der Waals surface area contributed by atoms with E-state index in [0.29, 0.717) is 23.4 Å². The minimum absolute atomic E-state index is 0.286. The SMILES string of the molecule is CN1CCc2c(cc(Nc3ncc(C#N)c(Nc4cccc(N=S(C)(C)=O)n4)n3)cc2N2CCCC2)C1. The van der Waals surface area contributed by atoms with E-state index in [9.17, 15) is 9.47 Å². The van der Waals surface area contributed by atoms with Gasteiger partial charge in [-0.05, 0) is 61.7 Å². The molecule has 0 amide bonds. The molecule has 37 heavy (non-hydrogen) atoms. The van der Waals surface area contributed by atoms with Gasteiger partial charge in [-0.1, -0.05) is 6.07 Å². The summed E-state index contributed by atoms with van der Waals surface area (Å²) in [7, 11) is -0.202. The zero-order valence-electron chi connectivity index (χ0n) is 21.4. The molecule has 0 atom stereocenters. The van der Waals surface area contributed by atoms with Crippen LogP contribution in [-0.2, 0) is 22.7 Å². The standard InChI is InChI=1S/C26H31N9OS/c1-34-12-9-21-18(17-34)13-20(14-22(21)35-10-4-5-11-35)29-26-28-16-19(15-27)25(32-26)31-23-7-6-8-24(30-23)33-37(2,3)36/h6-8,13-14,16H,4-5,9-12,17H2,1-3H3,(H2,28,29,30,31,32). The summed E-state index contributed by atoms with van der Waals surface area (Å²) in [6.07, 6.45) is 8.08. The van der Waals surface area contributed by atoms with Crippen molar-refractivity contribution in [2.75, 3.05) is 54.7 Å². The van der Waals surface area contributed by atoms with Gasteiger partial charge in [0.25, 0.3) is 0 Å². The molecule has 0 aliphatic carbocycles. The van der Waals surface area contributed by atoms with Gasteiger partial charge >= 0.3 is 0 Å². The number of nitriles is 1. The molecule has 2 N–H and O–H groups in total. The largest absolute Gasteiger partial charge is 0.371 e. The van der Waals surface area contributed by atoms with Crippen molar-refractivity contribution in [1.29, 1.82) is 5.26 Å². The number of aromatic nitrogens is 3. The lowest BCUT2D eigenvalue weighted by atomic mass is 9.96. The lowest BCUT2D eigenvalue weighted by Gasteiger charge is -2.31. The quantitative estimate of drug-likeness (QED) is 0.496. The minimum atomic E-state index is -2.35. The molecule has 2 aromatic heterocycles. The van der Waals surface area contributed by atoms with Crippen LogP contribution < -0.4 is 15.5 Å². The van der Waals surface area contributed by atoms with E-state index < -0.39 is 9.73 Å². The topological polar surface area (TPSA) is 122 Å². The third-order valence-corrected chi connectivity index (χ3v) is 7.04. The van der Waals surface area contributed by atoms with Crippen LogP contribution in [0.1, 0.15) is 29.5 Å². The highest BCUT2D eigenvalue weighted by Crippen LogP contribution is 2.35. The van der Waals surface area contributed by atoms with Crippen molar-refractivity contribution < 1.29 is 4.21 Å². The van der Waals surface area contributed by atoms with Gasteiger partial charge in [-0.3, -0.25) is 0 Å². The maximum atomic E-state index is 12.1. The summed E-state index contributed by atoms with van der Waals surface area (Å²) in [5.41, 5.74) is 5.26. The molecule has 11 heteroatoms. The maximum Gasteiger partial charge on any atom is 0.229 e. The molecule has 5 rings (SSSR count). The predicted octanol–water partition coefficient (Wildman–Crippen LogP) is 4.18. The first-order chi connectivity index (χ1) is 17.8. The van der Waals surface area contributed by atoms with Gasteiger partial charge in [-0.2, -0.15) is 14.6 Å². The molecule has 192 valence electrons. The summed E-state index contributed by atoms with van der Waals surface area (Å²) in [5, 5.41) is 16.1. The third-order valence-electron chi connectivity index (χ3n) is 6.41. The van der Waals surface area contributed by atoms with Crippen molar-refractivity contribution in [3.8, 4) is 6.07 Å². The van der Waals surface area contributed by atoms with E-state index in [0.717, 1.165) is 38.3 Å². The van der Waals surface area contributed by atoms with E-state index in [1.165, 1.54) is 35.9 Å². The predicted molar refractivity (Wildman–Crippen MR) is 148 cm³/mol. The molecule has 0 saturated carbocycles. The molecular formula is C26H31N9OS. The normalized spacial score (nSPS) is 15.7. The molecule has 0 spiro atoms. The van der Waals surface area contributed by atoms with Crippen molar-refractivity contribution >= 4 is 44.5 Å². The summed E-state index contributed by atoms with van der Waals surface area (Å²) < 4.78 is 16.2. The van der Waals surface area contributed by atoms with Crippen LogP contribution in [0.4, 0.5) is 34.8 Å². The van der Waals surface area contributed by atoms with Gasteiger partial charge in [0, 0.05) is 59.8 Å². The van der Waals surface area contributed by atoms with Crippen LogP contribution in [0.15, 0.2) is 40.9 Å². The minimum Gasteiger partial charge on any atom is -0.371 e. The number of fused-ring (bicyclic) bond motifs is 1. The molecule has 0 radical (unpaired) electrons. The fourth-order valence-corrected chi connectivity index (χ4v) is 5.32. The number of nitrogens with zero attached hydrogens (tertiary/aromatic N) is 7. The van der Waals surface area contributed by atoms with E-state index in [1.54, 1.807) is 30.7 Å². The van der Waals surface area contributed by atoms with Gasteiger partial charge in [0.15, 0.2) is 11.6 Å². The van der Waals surface area contributed by atoms with Crippen LogP contribution >= 0.6 is 0 Å². The maximum absolute atomic E-state index is 12.1. The number of benzene rings is 1. The van der Waals surface area contributed by atoms with E-state index in [4.69, 9.17) is 0 Å². The molecule has 0 unspecified atom stereocenters. The Labute approximate surface area is 217 Å². The molecule has 1 aromatic carbocycles. The molecule has 4 heterocycles. The number of rotatable bonds is 6. The van der Waals surface area contributed by atoms with Crippen LogP contribution in [-0.4, -0.2) is 63.3 Å². The number of likely N-dealkylation sites (N-methyl/N-ethyl adjacent to an activating group) is 1. The molecule has 1 fully saturated rings. The summed E-state index contributed by atoms with van der Waals surface area (Å²) in [6, 6.07) is 11.7. The number of nitrogens with one attached hydrogen (secondary N) is 2. The van der Waals surface area contributed by atoms with Gasteiger partial charge < -0.3 is 20.4 Å². The molecule has 2 aliphatic heterocycles. The Bertz CT molecular complexity index is 1480. The first-order valence-corrected chi connectivity index (χ1v) is 14.7. The van der Waals surface area contributed by atoms with E-state index in [2.05, 4.69) is 65.0 Å². The average molecular weight is 518 g/mol. The van der Waals surface area contributed by atoms with Gasteiger partial charge in [-0.15, -0.1) is 0 Å². The Balaban J connectivity index is 1.45. The van der Waals surface area contributed by atoms with Crippen molar-refractivity contribution in [2.45, 2.75) is 25.8 Å². The van der Waals surface area contributed by atoms with Crippen molar-refractivity contribution in [2.24, 2.45) is 4.36 Å². The Kier molecular flexibility index (Phi) is 6.95. The highest BCUT2D eigenvalue weighted by Gasteiger charge is 2.23. The van der Waals surface area contributed by atoms with Gasteiger partial charge in [0.1, 0.15) is 17.5 Å². The second kappa shape index (κ2) is 10.3. The Hall–Kier alpha value is -3.75. The number of anilines is 5. The fraction of sp³-hybridized carbons (Fsp3) is 0.385. The highest BCUT2D eigenvalue weighted by atomic mass is 32.2. The van der Waals surface area contributed by atoms with E-state index >= 15 is 0 Å². The fourth-order valence-electron chi connectivity index (χ4n) is 4.77. The van der Waals surface area contributed by atoms with Crippen molar-refractivity contribution in [3.63, 3.8) is 0 Å². The van der Waals surface area contributed by atoms with Gasteiger partial charge in [-0.25, -0.2) is 14.2 Å². The van der Waals surface area contributed by atoms with Crippen LogP contribution in [0.3, 0.4) is 0 Å². The summed E-state index contributed by atoms with van der Waals surface area (Å²) in [4.78, 5) is 18.2. The average Bonchev–Trinajstić information content (AvgIpc) is 3.38. The van der Waals surface area contributed by atoms with E-state index in [1.807, 2.05) is 0 Å². The summed E-state index contributed by atoms with van der Waals surface area (Å²) >= 11 is 0. The van der Waals surface area contributed by atoms with Crippen molar-refractivity contribution in [3.05, 3.63) is 53.2 Å². The van der Waals surface area contributed by atoms with Gasteiger partial charge in [0.05, 0.1) is 6.20 Å². The van der Waals surface area contributed by atoms with Crippen LogP contribution in [0, 0.1) is 11.3 Å². The monoisotopic (exact) mass is 517 g/mol. The first kappa shape index (κ1) is 24.9. The molecule has 10 nitrogen and oxygen atoms in total. The Morgan fingerprint density at radius 3 is 2.68 bits per heavy atom. The van der Waals surface area contributed by atoms with Crippen LogP contribution in [0.25, 0.3) is 0 Å². The molecule has 2 aliphatic rings.